The fraction of sp³-hybridized carbons (Fsp3) is 0. The van der Waals surface area contributed by atoms with Crippen LogP contribution in [0.3, 0.4) is 0 Å². The molecule has 0 aliphatic rings. The summed E-state index contributed by atoms with van der Waals surface area (Å²) in [5.41, 5.74) is 3.98. The number of carboxylic acid groups (broad SMARTS) is 1. The van der Waals surface area contributed by atoms with E-state index in [1.807, 2.05) is 0 Å². The summed E-state index contributed by atoms with van der Waals surface area (Å²) in [7, 11) is -4.52. The SMILES string of the molecule is NC(=O)c1ccc(S(=O)(=O)O)cc1C(=O)O. The van der Waals surface area contributed by atoms with Crippen LogP contribution in [0.4, 0.5) is 0 Å². The lowest BCUT2D eigenvalue weighted by molar-refractivity contribution is 0.0691. The molecule has 16 heavy (non-hydrogen) atoms. The zero-order valence-electron chi connectivity index (χ0n) is 7.75. The van der Waals surface area contributed by atoms with E-state index in [1.54, 1.807) is 0 Å². The second-order valence-electron chi connectivity index (χ2n) is 2.85. The number of carboxylic acids is 1. The third-order valence-electron chi connectivity index (χ3n) is 1.78. The molecule has 0 saturated carbocycles. The van der Waals surface area contributed by atoms with Crippen LogP contribution in [0.1, 0.15) is 20.7 Å². The highest BCUT2D eigenvalue weighted by molar-refractivity contribution is 7.85. The molecular formula is C8H7NO6S. The lowest BCUT2D eigenvalue weighted by Crippen LogP contribution is -2.17. The van der Waals surface area contributed by atoms with E-state index in [4.69, 9.17) is 15.4 Å². The van der Waals surface area contributed by atoms with E-state index in [9.17, 15) is 18.0 Å². The highest BCUT2D eigenvalue weighted by Crippen LogP contribution is 2.15. The molecule has 7 nitrogen and oxygen atoms in total. The first-order valence-electron chi connectivity index (χ1n) is 3.88. The summed E-state index contributed by atoms with van der Waals surface area (Å²) in [5.74, 6) is -2.52. The zero-order valence-corrected chi connectivity index (χ0v) is 8.56. The van der Waals surface area contributed by atoms with Crippen molar-refractivity contribution in [3.8, 4) is 0 Å². The van der Waals surface area contributed by atoms with Crippen molar-refractivity contribution < 1.29 is 27.7 Å². The van der Waals surface area contributed by atoms with E-state index in [1.165, 1.54) is 0 Å². The summed E-state index contributed by atoms with van der Waals surface area (Å²) in [6.45, 7) is 0. The van der Waals surface area contributed by atoms with Gasteiger partial charge in [0.05, 0.1) is 16.0 Å². The maximum Gasteiger partial charge on any atom is 0.336 e. The number of amides is 1. The number of hydrogen-bond donors (Lipinski definition) is 3. The first-order chi connectivity index (χ1) is 7.23. The van der Waals surface area contributed by atoms with Crippen LogP contribution in [0.15, 0.2) is 23.1 Å². The van der Waals surface area contributed by atoms with Crippen LogP contribution in [0.25, 0.3) is 0 Å². The van der Waals surface area contributed by atoms with Crippen LogP contribution < -0.4 is 5.73 Å². The summed E-state index contributed by atoms with van der Waals surface area (Å²) in [4.78, 5) is 20.9. The monoisotopic (exact) mass is 245 g/mol. The molecule has 0 aliphatic carbocycles. The topological polar surface area (TPSA) is 135 Å². The third-order valence-corrected chi connectivity index (χ3v) is 2.63. The summed E-state index contributed by atoms with van der Waals surface area (Å²) >= 11 is 0. The Morgan fingerprint density at radius 3 is 2.12 bits per heavy atom. The van der Waals surface area contributed by atoms with Gasteiger partial charge < -0.3 is 10.8 Å². The van der Waals surface area contributed by atoms with Gasteiger partial charge in [-0.2, -0.15) is 8.42 Å². The van der Waals surface area contributed by atoms with Gasteiger partial charge in [0, 0.05) is 0 Å². The van der Waals surface area contributed by atoms with Crippen molar-refractivity contribution in [3.05, 3.63) is 29.3 Å². The molecule has 0 aromatic heterocycles. The maximum absolute atomic E-state index is 10.8. The molecule has 0 radical (unpaired) electrons. The number of carbonyl (C=O) groups excluding carboxylic acids is 1. The number of aromatic carboxylic acids is 1. The Bertz CT molecular complexity index is 562. The van der Waals surface area contributed by atoms with Gasteiger partial charge in [0.2, 0.25) is 5.91 Å². The van der Waals surface area contributed by atoms with Crippen molar-refractivity contribution in [1.82, 2.24) is 0 Å². The van der Waals surface area contributed by atoms with Crippen LogP contribution in [-0.2, 0) is 10.1 Å². The van der Waals surface area contributed by atoms with E-state index in [-0.39, 0.29) is 5.56 Å². The van der Waals surface area contributed by atoms with Crippen LogP contribution in [0.5, 0.6) is 0 Å². The van der Waals surface area contributed by atoms with Gasteiger partial charge in [0.1, 0.15) is 0 Å². The Hall–Kier alpha value is -1.93. The highest BCUT2D eigenvalue weighted by atomic mass is 32.2. The van der Waals surface area contributed by atoms with Crippen molar-refractivity contribution >= 4 is 22.0 Å². The van der Waals surface area contributed by atoms with Crippen molar-refractivity contribution in [1.29, 1.82) is 0 Å². The van der Waals surface area contributed by atoms with Gasteiger partial charge in [0.25, 0.3) is 10.1 Å². The summed E-state index contributed by atoms with van der Waals surface area (Å²) < 4.78 is 30.2. The van der Waals surface area contributed by atoms with Gasteiger partial charge in [0.15, 0.2) is 0 Å². The quantitative estimate of drug-likeness (QED) is 0.627. The van der Waals surface area contributed by atoms with Gasteiger partial charge in [-0.15, -0.1) is 0 Å². The predicted molar refractivity (Wildman–Crippen MR) is 51.7 cm³/mol. The van der Waals surface area contributed by atoms with E-state index >= 15 is 0 Å². The number of rotatable bonds is 3. The Balaban J connectivity index is 3.52. The molecule has 0 fully saturated rings. The third kappa shape index (κ3) is 2.35. The Labute approximate surface area is 90.2 Å². The van der Waals surface area contributed by atoms with Crippen molar-refractivity contribution in [2.45, 2.75) is 4.90 Å². The maximum atomic E-state index is 10.8. The Morgan fingerprint density at radius 2 is 1.75 bits per heavy atom. The van der Waals surface area contributed by atoms with Gasteiger partial charge in [-0.1, -0.05) is 0 Å². The average molecular weight is 245 g/mol. The number of carbonyl (C=O) groups is 2. The van der Waals surface area contributed by atoms with Crippen LogP contribution in [0.2, 0.25) is 0 Å². The minimum absolute atomic E-state index is 0.333. The highest BCUT2D eigenvalue weighted by Gasteiger charge is 2.19. The van der Waals surface area contributed by atoms with Crippen molar-refractivity contribution in [2.75, 3.05) is 0 Å². The van der Waals surface area contributed by atoms with E-state index in [2.05, 4.69) is 0 Å². The summed E-state index contributed by atoms with van der Waals surface area (Å²) in [6, 6.07) is 2.48. The number of benzene rings is 1. The minimum atomic E-state index is -4.52. The normalized spacial score (nSPS) is 11.1. The second kappa shape index (κ2) is 3.91. The first-order valence-corrected chi connectivity index (χ1v) is 5.32. The molecule has 8 heteroatoms. The average Bonchev–Trinajstić information content (AvgIpc) is 2.15. The molecule has 1 aromatic carbocycles. The van der Waals surface area contributed by atoms with Gasteiger partial charge >= 0.3 is 5.97 Å². The second-order valence-corrected chi connectivity index (χ2v) is 4.27. The Kier molecular flexibility index (Phi) is 2.97. The number of primary amides is 1. The van der Waals surface area contributed by atoms with Gasteiger partial charge in [-0.3, -0.25) is 9.35 Å². The standard InChI is InChI=1S/C8H7NO6S/c9-7(10)5-2-1-4(16(13,14)15)3-6(5)8(11)12/h1-3H,(H2,9,10)(H,11,12)(H,13,14,15). The van der Waals surface area contributed by atoms with Crippen molar-refractivity contribution in [3.63, 3.8) is 0 Å². The molecule has 0 saturated heterocycles. The molecule has 1 rings (SSSR count). The largest absolute Gasteiger partial charge is 0.478 e. The predicted octanol–water partition coefficient (Wildman–Crippen LogP) is -0.270. The molecule has 0 bridgehead atoms. The first kappa shape index (κ1) is 12.1. The Morgan fingerprint density at radius 1 is 1.19 bits per heavy atom. The lowest BCUT2D eigenvalue weighted by Gasteiger charge is -2.03. The smallest absolute Gasteiger partial charge is 0.336 e. The molecule has 86 valence electrons. The fourth-order valence-electron chi connectivity index (χ4n) is 1.08. The van der Waals surface area contributed by atoms with Gasteiger partial charge in [-0.05, 0) is 18.2 Å². The summed E-state index contributed by atoms with van der Waals surface area (Å²) in [5, 5.41) is 8.72. The molecule has 1 aromatic rings. The minimum Gasteiger partial charge on any atom is -0.478 e. The molecule has 0 unspecified atom stereocenters. The molecule has 0 atom stereocenters. The number of hydrogen-bond acceptors (Lipinski definition) is 4. The zero-order chi connectivity index (χ0) is 12.5. The van der Waals surface area contributed by atoms with E-state index in [0.29, 0.717) is 6.07 Å². The molecule has 0 aliphatic heterocycles. The number of nitrogens with two attached hydrogens (primary N) is 1. The summed E-state index contributed by atoms with van der Waals surface area (Å²) in [6.07, 6.45) is 0. The van der Waals surface area contributed by atoms with Crippen molar-refractivity contribution in [2.24, 2.45) is 5.73 Å². The van der Waals surface area contributed by atoms with Crippen LogP contribution >= 0.6 is 0 Å². The molecule has 1 amide bonds. The lowest BCUT2D eigenvalue weighted by atomic mass is 10.1. The van der Waals surface area contributed by atoms with Crippen LogP contribution in [-0.4, -0.2) is 30.0 Å². The van der Waals surface area contributed by atoms with E-state index in [0.717, 1.165) is 12.1 Å². The van der Waals surface area contributed by atoms with E-state index < -0.39 is 32.5 Å². The molecule has 4 N–H and O–H groups in total. The fourth-order valence-corrected chi connectivity index (χ4v) is 1.58. The molecule has 0 spiro atoms. The van der Waals surface area contributed by atoms with Crippen LogP contribution in [0, 0.1) is 0 Å². The molecule has 0 heterocycles. The van der Waals surface area contributed by atoms with Gasteiger partial charge in [-0.25, -0.2) is 4.79 Å². The molecular weight excluding hydrogens is 238 g/mol.